The Morgan fingerprint density at radius 3 is 2.55 bits per heavy atom. The van der Waals surface area contributed by atoms with Gasteiger partial charge in [0.2, 0.25) is 5.91 Å². The second-order valence-electron chi connectivity index (χ2n) is 7.66. The number of para-hydroxylation sites is 1. The summed E-state index contributed by atoms with van der Waals surface area (Å²) in [7, 11) is 0. The smallest absolute Gasteiger partial charge is 0.266 e. The molecule has 5 nitrogen and oxygen atoms in total. The minimum atomic E-state index is -0.122. The zero-order chi connectivity index (χ0) is 21.1. The highest BCUT2D eigenvalue weighted by Crippen LogP contribution is 2.24. The fourth-order valence-corrected chi connectivity index (χ4v) is 3.81. The molecule has 0 spiro atoms. The standard InChI is InChI=1S/C23H27N3O2S/c1-14(2)17(5)24-21(27)13-29-23-25-19-11-7-6-10-18(19)22(28)26(23)20-12-8-9-15(3)16(20)4/h6-12,14,17H,13H2,1-5H3,(H,24,27). The van der Waals surface area contributed by atoms with E-state index >= 15 is 0 Å². The largest absolute Gasteiger partial charge is 0.353 e. The molecular weight excluding hydrogens is 382 g/mol. The van der Waals surface area contributed by atoms with Crippen molar-refractivity contribution < 1.29 is 4.79 Å². The second kappa shape index (κ2) is 8.82. The maximum atomic E-state index is 13.3. The maximum absolute atomic E-state index is 13.3. The third-order valence-corrected chi connectivity index (χ3v) is 6.22. The molecule has 1 amide bonds. The average Bonchev–Trinajstić information content (AvgIpc) is 2.69. The first-order chi connectivity index (χ1) is 13.8. The van der Waals surface area contributed by atoms with E-state index in [2.05, 4.69) is 19.2 Å². The summed E-state index contributed by atoms with van der Waals surface area (Å²) in [5, 5.41) is 4.09. The molecule has 3 rings (SSSR count). The van der Waals surface area contributed by atoms with Gasteiger partial charge in [-0.2, -0.15) is 0 Å². The van der Waals surface area contributed by atoms with Gasteiger partial charge in [-0.1, -0.05) is 49.9 Å². The molecule has 0 aliphatic carbocycles. The van der Waals surface area contributed by atoms with Gasteiger partial charge in [-0.05, 0) is 56.0 Å². The molecule has 1 unspecified atom stereocenters. The van der Waals surface area contributed by atoms with E-state index in [1.165, 1.54) is 11.8 Å². The Kier molecular flexibility index (Phi) is 6.42. The van der Waals surface area contributed by atoms with Gasteiger partial charge in [0.25, 0.3) is 5.56 Å². The zero-order valence-corrected chi connectivity index (χ0v) is 18.3. The van der Waals surface area contributed by atoms with E-state index < -0.39 is 0 Å². The molecule has 152 valence electrons. The van der Waals surface area contributed by atoms with Crippen LogP contribution in [0.1, 0.15) is 31.9 Å². The number of hydrogen-bond acceptors (Lipinski definition) is 4. The summed E-state index contributed by atoms with van der Waals surface area (Å²) in [5.74, 6) is 0.495. The van der Waals surface area contributed by atoms with Crippen molar-refractivity contribution in [1.82, 2.24) is 14.9 Å². The highest BCUT2D eigenvalue weighted by molar-refractivity contribution is 7.99. The van der Waals surface area contributed by atoms with E-state index in [1.54, 1.807) is 10.6 Å². The number of nitrogens with zero attached hydrogens (tertiary/aromatic N) is 2. The number of rotatable bonds is 6. The molecule has 0 aliphatic heterocycles. The normalized spacial score (nSPS) is 12.3. The number of fused-ring (bicyclic) bond motifs is 1. The van der Waals surface area contributed by atoms with Crippen LogP contribution in [0.3, 0.4) is 0 Å². The first-order valence-corrected chi connectivity index (χ1v) is 10.8. The molecule has 29 heavy (non-hydrogen) atoms. The summed E-state index contributed by atoms with van der Waals surface area (Å²) in [6.45, 7) is 10.2. The summed E-state index contributed by atoms with van der Waals surface area (Å²) in [6.07, 6.45) is 0. The van der Waals surface area contributed by atoms with Crippen LogP contribution in [-0.2, 0) is 4.79 Å². The summed E-state index contributed by atoms with van der Waals surface area (Å²) >= 11 is 1.29. The van der Waals surface area contributed by atoms with Crippen LogP contribution >= 0.6 is 11.8 Å². The summed E-state index contributed by atoms with van der Waals surface area (Å²) in [5.41, 5.74) is 3.43. The molecule has 3 aromatic rings. The van der Waals surface area contributed by atoms with Crippen molar-refractivity contribution in [2.45, 2.75) is 45.8 Å². The lowest BCUT2D eigenvalue weighted by Gasteiger charge is -2.18. The van der Waals surface area contributed by atoms with Crippen LogP contribution in [0.4, 0.5) is 0 Å². The molecule has 1 heterocycles. The lowest BCUT2D eigenvalue weighted by Crippen LogP contribution is -2.37. The number of aromatic nitrogens is 2. The molecule has 0 saturated carbocycles. The minimum Gasteiger partial charge on any atom is -0.353 e. The molecule has 0 aliphatic rings. The lowest BCUT2D eigenvalue weighted by atomic mass is 10.1. The monoisotopic (exact) mass is 409 g/mol. The van der Waals surface area contributed by atoms with Gasteiger partial charge in [0.1, 0.15) is 0 Å². The van der Waals surface area contributed by atoms with Gasteiger partial charge in [-0.3, -0.25) is 14.2 Å². The Morgan fingerprint density at radius 2 is 1.83 bits per heavy atom. The van der Waals surface area contributed by atoms with Gasteiger partial charge in [-0.25, -0.2) is 4.98 Å². The van der Waals surface area contributed by atoms with E-state index in [9.17, 15) is 9.59 Å². The van der Waals surface area contributed by atoms with E-state index in [1.807, 2.05) is 57.2 Å². The van der Waals surface area contributed by atoms with Crippen LogP contribution in [0.25, 0.3) is 16.6 Å². The molecule has 1 N–H and O–H groups in total. The number of benzene rings is 2. The number of nitrogens with one attached hydrogen (secondary N) is 1. The fourth-order valence-electron chi connectivity index (χ4n) is 2.99. The molecule has 1 atom stereocenters. The topological polar surface area (TPSA) is 64.0 Å². The van der Waals surface area contributed by atoms with Crippen LogP contribution in [0.5, 0.6) is 0 Å². The Hall–Kier alpha value is -2.60. The highest BCUT2D eigenvalue weighted by atomic mass is 32.2. The molecule has 1 aromatic heterocycles. The number of thioether (sulfide) groups is 1. The number of hydrogen-bond donors (Lipinski definition) is 1. The third-order valence-electron chi connectivity index (χ3n) is 5.28. The Morgan fingerprint density at radius 1 is 1.10 bits per heavy atom. The van der Waals surface area contributed by atoms with Crippen molar-refractivity contribution in [3.8, 4) is 5.69 Å². The van der Waals surface area contributed by atoms with Crippen molar-refractivity contribution in [2.75, 3.05) is 5.75 Å². The average molecular weight is 410 g/mol. The number of amides is 1. The maximum Gasteiger partial charge on any atom is 0.266 e. The minimum absolute atomic E-state index is 0.0638. The van der Waals surface area contributed by atoms with Gasteiger partial charge in [0.15, 0.2) is 5.16 Å². The highest BCUT2D eigenvalue weighted by Gasteiger charge is 2.17. The molecular formula is C23H27N3O2S. The van der Waals surface area contributed by atoms with Crippen LogP contribution in [-0.4, -0.2) is 27.3 Å². The summed E-state index contributed by atoms with van der Waals surface area (Å²) in [4.78, 5) is 30.5. The van der Waals surface area contributed by atoms with Crippen molar-refractivity contribution in [3.63, 3.8) is 0 Å². The Balaban J connectivity index is 2.05. The number of aryl methyl sites for hydroxylation is 1. The van der Waals surface area contributed by atoms with E-state index in [0.717, 1.165) is 16.8 Å². The predicted molar refractivity (Wildman–Crippen MR) is 120 cm³/mol. The molecule has 0 fully saturated rings. The molecule has 6 heteroatoms. The Bertz CT molecular complexity index is 1100. The molecule has 0 radical (unpaired) electrons. The lowest BCUT2D eigenvalue weighted by molar-refractivity contribution is -0.119. The Labute approximate surface area is 175 Å². The summed E-state index contributed by atoms with van der Waals surface area (Å²) in [6, 6.07) is 13.3. The fraction of sp³-hybridized carbons (Fsp3) is 0.348. The molecule has 0 saturated heterocycles. The van der Waals surface area contributed by atoms with Crippen molar-refractivity contribution >= 4 is 28.6 Å². The zero-order valence-electron chi connectivity index (χ0n) is 17.5. The number of carbonyl (C=O) groups is 1. The summed E-state index contributed by atoms with van der Waals surface area (Å²) < 4.78 is 1.63. The van der Waals surface area contributed by atoms with E-state index in [4.69, 9.17) is 4.98 Å². The first kappa shape index (κ1) is 21.1. The van der Waals surface area contributed by atoms with Gasteiger partial charge < -0.3 is 5.32 Å². The van der Waals surface area contributed by atoms with Gasteiger partial charge >= 0.3 is 0 Å². The quantitative estimate of drug-likeness (QED) is 0.488. The number of carbonyl (C=O) groups excluding carboxylic acids is 1. The van der Waals surface area contributed by atoms with Crippen LogP contribution in [0.2, 0.25) is 0 Å². The van der Waals surface area contributed by atoms with Crippen LogP contribution in [0, 0.1) is 19.8 Å². The van der Waals surface area contributed by atoms with Crippen molar-refractivity contribution in [3.05, 3.63) is 63.9 Å². The van der Waals surface area contributed by atoms with Crippen LogP contribution in [0.15, 0.2) is 52.4 Å². The predicted octanol–water partition coefficient (Wildman–Crippen LogP) is 4.26. The van der Waals surface area contributed by atoms with Gasteiger partial charge in [0, 0.05) is 6.04 Å². The molecule has 2 aromatic carbocycles. The van der Waals surface area contributed by atoms with E-state index in [0.29, 0.717) is 22.0 Å². The first-order valence-electron chi connectivity index (χ1n) is 9.80. The van der Waals surface area contributed by atoms with Crippen LogP contribution < -0.4 is 10.9 Å². The third kappa shape index (κ3) is 4.53. The van der Waals surface area contributed by atoms with Crippen molar-refractivity contribution in [2.24, 2.45) is 5.92 Å². The second-order valence-corrected chi connectivity index (χ2v) is 8.60. The SMILES string of the molecule is Cc1cccc(-n2c(SCC(=O)NC(C)C(C)C)nc3ccccc3c2=O)c1C. The van der Waals surface area contributed by atoms with Gasteiger partial charge in [0.05, 0.1) is 22.3 Å². The molecule has 0 bridgehead atoms. The van der Waals surface area contributed by atoms with Crippen molar-refractivity contribution in [1.29, 1.82) is 0 Å². The van der Waals surface area contributed by atoms with E-state index in [-0.39, 0.29) is 23.3 Å². The van der Waals surface area contributed by atoms with Gasteiger partial charge in [-0.15, -0.1) is 0 Å².